The summed E-state index contributed by atoms with van der Waals surface area (Å²) in [4.78, 5) is 26.7. The molecule has 158 valence electrons. The maximum atomic E-state index is 14.2. The zero-order chi connectivity index (χ0) is 21.7. The van der Waals surface area contributed by atoms with E-state index in [0.29, 0.717) is 24.1 Å². The molecule has 0 bridgehead atoms. The molecule has 0 aliphatic carbocycles. The molecule has 5 rings (SSSR count). The lowest BCUT2D eigenvalue weighted by atomic mass is 9.80. The summed E-state index contributed by atoms with van der Waals surface area (Å²) in [5.74, 6) is -2.57. The Morgan fingerprint density at radius 2 is 1.68 bits per heavy atom. The van der Waals surface area contributed by atoms with Crippen LogP contribution in [0.1, 0.15) is 46.4 Å². The molecule has 3 aromatic rings. The minimum absolute atomic E-state index is 0.187. The molecule has 0 radical (unpaired) electrons. The second kappa shape index (κ2) is 7.30. The number of hydrogen-bond acceptors (Lipinski definition) is 4. The van der Waals surface area contributed by atoms with E-state index in [-0.39, 0.29) is 11.7 Å². The Morgan fingerprint density at radius 3 is 2.29 bits per heavy atom. The fourth-order valence-electron chi connectivity index (χ4n) is 4.93. The molecule has 3 heterocycles. The van der Waals surface area contributed by atoms with Gasteiger partial charge in [-0.1, -0.05) is 24.3 Å². The number of amides is 1. The third-order valence-electron chi connectivity index (χ3n) is 6.18. The lowest BCUT2D eigenvalue weighted by molar-refractivity contribution is 0.0565. The first-order chi connectivity index (χ1) is 15.0. The molecule has 1 amide bonds. The molecule has 0 unspecified atom stereocenters. The number of carbonyl (C=O) groups is 1. The van der Waals surface area contributed by atoms with Crippen LogP contribution in [-0.2, 0) is 0 Å². The molecule has 2 aromatic carbocycles. The van der Waals surface area contributed by atoms with Gasteiger partial charge >= 0.3 is 0 Å². The number of aromatic hydroxyl groups is 1. The number of halogens is 2. The topological polar surface area (TPSA) is 75.4 Å². The van der Waals surface area contributed by atoms with E-state index in [1.807, 2.05) is 0 Å². The van der Waals surface area contributed by atoms with Crippen molar-refractivity contribution in [1.29, 1.82) is 0 Å². The summed E-state index contributed by atoms with van der Waals surface area (Å²) in [5.41, 5.74) is 0.239. The molecule has 1 saturated heterocycles. The number of aromatic nitrogens is 2. The Balaban J connectivity index is 1.79. The van der Waals surface area contributed by atoms with Crippen LogP contribution in [0.25, 0.3) is 0 Å². The molecule has 0 spiro atoms. The van der Waals surface area contributed by atoms with Crippen molar-refractivity contribution in [3.8, 4) is 5.75 Å². The Kier molecular flexibility index (Phi) is 4.57. The zero-order valence-electron chi connectivity index (χ0n) is 16.4. The van der Waals surface area contributed by atoms with Crippen molar-refractivity contribution in [1.82, 2.24) is 14.7 Å². The van der Waals surface area contributed by atoms with Crippen LogP contribution in [-0.4, -0.2) is 38.3 Å². The second-order valence-corrected chi connectivity index (χ2v) is 7.94. The van der Waals surface area contributed by atoms with Crippen LogP contribution in [0.2, 0.25) is 0 Å². The molecule has 2 atom stereocenters. The smallest absolute Gasteiger partial charge is 0.276 e. The van der Waals surface area contributed by atoms with Gasteiger partial charge in [-0.05, 0) is 48.2 Å². The zero-order valence-corrected chi connectivity index (χ0v) is 16.4. The van der Waals surface area contributed by atoms with Crippen LogP contribution >= 0.6 is 0 Å². The summed E-state index contributed by atoms with van der Waals surface area (Å²) in [6, 6.07) is 11.2. The van der Waals surface area contributed by atoms with E-state index in [1.54, 1.807) is 29.2 Å². The third kappa shape index (κ3) is 3.10. The maximum absolute atomic E-state index is 14.2. The molecule has 0 saturated carbocycles. The summed E-state index contributed by atoms with van der Waals surface area (Å²) in [6.45, 7) is 0.474. The van der Waals surface area contributed by atoms with E-state index in [2.05, 4.69) is 5.10 Å². The minimum Gasteiger partial charge on any atom is -0.502 e. The van der Waals surface area contributed by atoms with Crippen LogP contribution in [0.3, 0.4) is 0 Å². The molecule has 1 aromatic heterocycles. The number of benzene rings is 2. The summed E-state index contributed by atoms with van der Waals surface area (Å²) in [6.07, 6.45) is 2.38. The molecule has 8 heteroatoms. The van der Waals surface area contributed by atoms with Gasteiger partial charge in [0.2, 0.25) is 5.43 Å². The molecule has 6 nitrogen and oxygen atoms in total. The summed E-state index contributed by atoms with van der Waals surface area (Å²) in [7, 11) is 0. The standard InChI is InChI=1S/C23H19F2N3O3/c24-15-6-1-4-13(10-15)19(14-5-2-7-16(25)11-14)20-17-8-3-9-27(17)23(31)21-22(30)18(29)12-26-28(20)21/h1-2,4-7,10-12,17,19-20,30H,3,8-9H2/t17-,20-/m1/s1. The fourth-order valence-corrected chi connectivity index (χ4v) is 4.93. The van der Waals surface area contributed by atoms with E-state index < -0.39 is 40.7 Å². The average Bonchev–Trinajstić information content (AvgIpc) is 3.23. The summed E-state index contributed by atoms with van der Waals surface area (Å²) < 4.78 is 29.7. The number of fused-ring (bicyclic) bond motifs is 2. The highest BCUT2D eigenvalue weighted by atomic mass is 19.1. The number of rotatable bonds is 3. The quantitative estimate of drug-likeness (QED) is 0.702. The Morgan fingerprint density at radius 1 is 1.03 bits per heavy atom. The van der Waals surface area contributed by atoms with Gasteiger partial charge in [-0.15, -0.1) is 0 Å². The van der Waals surface area contributed by atoms with Gasteiger partial charge in [0.05, 0.1) is 18.3 Å². The van der Waals surface area contributed by atoms with Crippen molar-refractivity contribution in [2.45, 2.75) is 30.8 Å². The number of hydrogen-bond donors (Lipinski definition) is 1. The molecular weight excluding hydrogens is 404 g/mol. The van der Waals surface area contributed by atoms with Crippen LogP contribution in [0.15, 0.2) is 59.5 Å². The predicted molar refractivity (Wildman–Crippen MR) is 108 cm³/mol. The molecule has 31 heavy (non-hydrogen) atoms. The maximum Gasteiger partial charge on any atom is 0.276 e. The van der Waals surface area contributed by atoms with Crippen molar-refractivity contribution in [3.63, 3.8) is 0 Å². The minimum atomic E-state index is -0.746. The molecule has 2 aliphatic rings. The summed E-state index contributed by atoms with van der Waals surface area (Å²) in [5, 5.41) is 14.6. The number of nitrogens with zero attached hydrogens (tertiary/aromatic N) is 3. The SMILES string of the molecule is O=C1c2c(O)c(=O)cnn2[C@@H](C(c2cccc(F)c2)c2cccc(F)c2)[C@H]2CCCN12. The van der Waals surface area contributed by atoms with E-state index in [4.69, 9.17) is 0 Å². The molecule has 1 N–H and O–H groups in total. The van der Waals surface area contributed by atoms with Gasteiger partial charge < -0.3 is 10.0 Å². The van der Waals surface area contributed by atoms with Crippen LogP contribution in [0.4, 0.5) is 8.78 Å². The van der Waals surface area contributed by atoms with Crippen LogP contribution in [0, 0.1) is 11.6 Å². The van der Waals surface area contributed by atoms with Gasteiger partial charge in [-0.25, -0.2) is 8.78 Å². The third-order valence-corrected chi connectivity index (χ3v) is 6.18. The Hall–Kier alpha value is -3.55. The first-order valence-electron chi connectivity index (χ1n) is 10.1. The highest BCUT2D eigenvalue weighted by molar-refractivity contribution is 5.96. The van der Waals surface area contributed by atoms with Gasteiger partial charge in [-0.3, -0.25) is 14.3 Å². The van der Waals surface area contributed by atoms with Gasteiger partial charge in [-0.2, -0.15) is 5.10 Å². The second-order valence-electron chi connectivity index (χ2n) is 7.94. The van der Waals surface area contributed by atoms with Gasteiger partial charge in [0.15, 0.2) is 11.4 Å². The van der Waals surface area contributed by atoms with Gasteiger partial charge in [0.1, 0.15) is 11.6 Å². The lowest BCUT2D eigenvalue weighted by Crippen LogP contribution is -2.50. The van der Waals surface area contributed by atoms with E-state index in [1.165, 1.54) is 28.9 Å². The number of carbonyl (C=O) groups excluding carboxylic acids is 1. The Bertz CT molecular complexity index is 1200. The first-order valence-corrected chi connectivity index (χ1v) is 10.1. The van der Waals surface area contributed by atoms with Gasteiger partial charge in [0, 0.05) is 12.5 Å². The van der Waals surface area contributed by atoms with Crippen molar-refractivity contribution in [2.75, 3.05) is 6.54 Å². The van der Waals surface area contributed by atoms with Crippen LogP contribution in [0.5, 0.6) is 5.75 Å². The first kappa shape index (κ1) is 19.4. The average molecular weight is 423 g/mol. The Labute approximate surface area is 176 Å². The van der Waals surface area contributed by atoms with E-state index >= 15 is 0 Å². The highest BCUT2D eigenvalue weighted by Crippen LogP contribution is 2.45. The molecule has 2 aliphatic heterocycles. The molecule has 1 fully saturated rings. The van der Waals surface area contributed by atoms with Crippen molar-refractivity contribution in [2.24, 2.45) is 0 Å². The van der Waals surface area contributed by atoms with Crippen molar-refractivity contribution < 1.29 is 18.7 Å². The van der Waals surface area contributed by atoms with Crippen molar-refractivity contribution in [3.05, 3.63) is 93.4 Å². The van der Waals surface area contributed by atoms with E-state index in [9.17, 15) is 23.5 Å². The summed E-state index contributed by atoms with van der Waals surface area (Å²) >= 11 is 0. The largest absolute Gasteiger partial charge is 0.502 e. The van der Waals surface area contributed by atoms with Gasteiger partial charge in [0.25, 0.3) is 5.91 Å². The molecular formula is C23H19F2N3O3. The monoisotopic (exact) mass is 423 g/mol. The normalized spacial score (nSPS) is 20.1. The predicted octanol–water partition coefficient (Wildman–Crippen LogP) is 3.22. The van der Waals surface area contributed by atoms with E-state index in [0.717, 1.165) is 12.6 Å². The fraction of sp³-hybridized carbons (Fsp3) is 0.261. The lowest BCUT2D eigenvalue weighted by Gasteiger charge is -2.42. The van der Waals surface area contributed by atoms with Crippen LogP contribution < -0.4 is 5.43 Å². The highest BCUT2D eigenvalue weighted by Gasteiger charge is 2.48. The van der Waals surface area contributed by atoms with Crippen molar-refractivity contribution >= 4 is 5.91 Å².